The highest BCUT2D eigenvalue weighted by atomic mass is 19.4. The molecule has 1 aromatic heterocycles. The molecule has 1 atom stereocenters. The van der Waals surface area contributed by atoms with Crippen molar-refractivity contribution in [2.75, 3.05) is 27.2 Å². The molecular weight excluding hydrogens is 451 g/mol. The molecule has 0 aliphatic carbocycles. The number of halogens is 3. The zero-order valence-electron chi connectivity index (χ0n) is 18.6. The third kappa shape index (κ3) is 5.82. The van der Waals surface area contributed by atoms with E-state index in [9.17, 15) is 18.0 Å². The van der Waals surface area contributed by atoms with Gasteiger partial charge in [0.05, 0.1) is 19.2 Å². The molecule has 1 aliphatic rings. The Labute approximate surface area is 194 Å². The van der Waals surface area contributed by atoms with Gasteiger partial charge in [0.15, 0.2) is 0 Å². The van der Waals surface area contributed by atoms with Crippen LogP contribution >= 0.6 is 0 Å². The monoisotopic (exact) mass is 475 g/mol. The molecule has 2 heterocycles. The molecule has 0 bridgehead atoms. The average Bonchev–Trinajstić information content (AvgIpc) is 3.09. The topological polar surface area (TPSA) is 83.0 Å². The average molecular weight is 475 g/mol. The number of likely N-dealkylation sites (N-methyl/N-ethyl adjacent to an activating group) is 1. The van der Waals surface area contributed by atoms with E-state index in [4.69, 9.17) is 14.6 Å². The van der Waals surface area contributed by atoms with Crippen LogP contribution in [0, 0.1) is 0 Å². The highest BCUT2D eigenvalue weighted by Crippen LogP contribution is 2.33. The molecule has 3 aromatic rings. The lowest BCUT2D eigenvalue weighted by Crippen LogP contribution is -2.32. The van der Waals surface area contributed by atoms with Gasteiger partial charge < -0.3 is 14.7 Å². The predicted octanol–water partition coefficient (Wildman–Crippen LogP) is 3.89. The van der Waals surface area contributed by atoms with E-state index in [1.54, 1.807) is 7.11 Å². The molecule has 10 heteroatoms. The Morgan fingerprint density at radius 1 is 1.15 bits per heavy atom. The molecule has 1 saturated heterocycles. The van der Waals surface area contributed by atoms with Crippen molar-refractivity contribution in [2.24, 2.45) is 0 Å². The van der Waals surface area contributed by atoms with Gasteiger partial charge in [-0.3, -0.25) is 14.7 Å². The number of carbonyl (C=O) groups excluding carboxylic acids is 1. The number of hydrogen-bond acceptors (Lipinski definition) is 5. The van der Waals surface area contributed by atoms with Crippen LogP contribution in [0.5, 0.6) is 5.75 Å². The van der Waals surface area contributed by atoms with E-state index in [0.717, 1.165) is 28.6 Å². The SMILES string of the molecule is COc1ccc(CCN2C(=O)CN(C)C2c2ccnc3ccccc23)cc1.O=C(O)C(F)(F)F. The Hall–Kier alpha value is -3.66. The molecule has 7 nitrogen and oxygen atoms in total. The number of rotatable bonds is 5. The molecule has 34 heavy (non-hydrogen) atoms. The number of methoxy groups -OCH3 is 1. The number of para-hydroxylation sites is 1. The second kappa shape index (κ2) is 10.5. The fourth-order valence-electron chi connectivity index (χ4n) is 3.80. The number of carboxylic acid groups (broad SMARTS) is 1. The van der Waals surface area contributed by atoms with E-state index in [0.29, 0.717) is 13.1 Å². The summed E-state index contributed by atoms with van der Waals surface area (Å²) in [5.74, 6) is -1.75. The third-order valence-corrected chi connectivity index (χ3v) is 5.42. The van der Waals surface area contributed by atoms with Crippen LogP contribution in [0.2, 0.25) is 0 Å². The highest BCUT2D eigenvalue weighted by molar-refractivity contribution is 5.85. The van der Waals surface area contributed by atoms with Crippen molar-refractivity contribution in [1.29, 1.82) is 0 Å². The van der Waals surface area contributed by atoms with Gasteiger partial charge in [-0.2, -0.15) is 13.2 Å². The normalized spacial score (nSPS) is 16.3. The molecule has 1 fully saturated rings. The van der Waals surface area contributed by atoms with Crippen LogP contribution in [0.3, 0.4) is 0 Å². The zero-order chi connectivity index (χ0) is 24.9. The lowest BCUT2D eigenvalue weighted by molar-refractivity contribution is -0.192. The first-order valence-corrected chi connectivity index (χ1v) is 10.4. The molecule has 0 spiro atoms. The van der Waals surface area contributed by atoms with Gasteiger partial charge in [-0.25, -0.2) is 4.79 Å². The summed E-state index contributed by atoms with van der Waals surface area (Å²) in [5, 5.41) is 8.22. The first-order chi connectivity index (χ1) is 16.1. The lowest BCUT2D eigenvalue weighted by atomic mass is 10.1. The van der Waals surface area contributed by atoms with Crippen molar-refractivity contribution in [3.63, 3.8) is 0 Å². The number of aromatic nitrogens is 1. The summed E-state index contributed by atoms with van der Waals surface area (Å²) in [4.78, 5) is 30.1. The van der Waals surface area contributed by atoms with Crippen molar-refractivity contribution in [3.8, 4) is 5.75 Å². The molecule has 1 unspecified atom stereocenters. The summed E-state index contributed by atoms with van der Waals surface area (Å²) in [7, 11) is 3.67. The molecule has 0 radical (unpaired) electrons. The number of ether oxygens (including phenoxy) is 1. The minimum atomic E-state index is -5.08. The Morgan fingerprint density at radius 2 is 1.79 bits per heavy atom. The van der Waals surface area contributed by atoms with Gasteiger partial charge in [0, 0.05) is 23.7 Å². The van der Waals surface area contributed by atoms with Crippen LogP contribution < -0.4 is 4.74 Å². The third-order valence-electron chi connectivity index (χ3n) is 5.42. The van der Waals surface area contributed by atoms with E-state index in [2.05, 4.69) is 28.1 Å². The molecule has 180 valence electrons. The van der Waals surface area contributed by atoms with Crippen molar-refractivity contribution in [2.45, 2.75) is 18.8 Å². The maximum atomic E-state index is 12.7. The predicted molar refractivity (Wildman–Crippen MR) is 119 cm³/mol. The van der Waals surface area contributed by atoms with Crippen LogP contribution in [-0.4, -0.2) is 65.2 Å². The number of hydrogen-bond donors (Lipinski definition) is 1. The van der Waals surface area contributed by atoms with Gasteiger partial charge in [-0.05, 0) is 43.3 Å². The van der Waals surface area contributed by atoms with Crippen LogP contribution in [0.25, 0.3) is 10.9 Å². The van der Waals surface area contributed by atoms with Crippen LogP contribution in [0.15, 0.2) is 60.8 Å². The summed E-state index contributed by atoms with van der Waals surface area (Å²) in [6.45, 7) is 1.11. The summed E-state index contributed by atoms with van der Waals surface area (Å²) < 4.78 is 37.0. The number of benzene rings is 2. The molecule has 1 N–H and O–H groups in total. The number of pyridine rings is 1. The number of aliphatic carboxylic acids is 1. The van der Waals surface area contributed by atoms with Crippen LogP contribution in [0.1, 0.15) is 17.3 Å². The molecule has 1 aliphatic heterocycles. The quantitative estimate of drug-likeness (QED) is 0.603. The van der Waals surface area contributed by atoms with Gasteiger partial charge in [0.25, 0.3) is 0 Å². The second-order valence-electron chi connectivity index (χ2n) is 7.69. The summed E-state index contributed by atoms with van der Waals surface area (Å²) in [6, 6.07) is 18.2. The molecule has 2 aromatic carbocycles. The van der Waals surface area contributed by atoms with Crippen LogP contribution in [0.4, 0.5) is 13.2 Å². The fraction of sp³-hybridized carbons (Fsp3) is 0.292. The Kier molecular flexibility index (Phi) is 7.72. The number of amides is 1. The molecule has 4 rings (SSSR count). The van der Waals surface area contributed by atoms with Crippen molar-refractivity contribution in [1.82, 2.24) is 14.8 Å². The Bertz CT molecular complexity index is 1150. The van der Waals surface area contributed by atoms with Crippen LogP contribution in [-0.2, 0) is 16.0 Å². The molecular formula is C24H24F3N3O4. The minimum Gasteiger partial charge on any atom is -0.497 e. The van der Waals surface area contributed by atoms with Gasteiger partial charge in [0.1, 0.15) is 11.9 Å². The van der Waals surface area contributed by atoms with Gasteiger partial charge in [0.2, 0.25) is 5.91 Å². The maximum absolute atomic E-state index is 12.7. The van der Waals surface area contributed by atoms with E-state index in [1.165, 1.54) is 5.56 Å². The zero-order valence-corrected chi connectivity index (χ0v) is 18.6. The second-order valence-corrected chi connectivity index (χ2v) is 7.69. The van der Waals surface area contributed by atoms with E-state index in [1.807, 2.05) is 54.5 Å². The Morgan fingerprint density at radius 3 is 2.41 bits per heavy atom. The Balaban J connectivity index is 0.000000406. The minimum absolute atomic E-state index is 0.0661. The van der Waals surface area contributed by atoms with Gasteiger partial charge in [-0.1, -0.05) is 30.3 Å². The number of fused-ring (bicyclic) bond motifs is 1. The van der Waals surface area contributed by atoms with Crippen molar-refractivity contribution >= 4 is 22.8 Å². The number of carboxylic acids is 1. The highest BCUT2D eigenvalue weighted by Gasteiger charge is 2.38. The van der Waals surface area contributed by atoms with Crippen molar-refractivity contribution < 1.29 is 32.6 Å². The number of carbonyl (C=O) groups is 2. The number of alkyl halides is 3. The molecule has 0 saturated carbocycles. The van der Waals surface area contributed by atoms with E-state index in [-0.39, 0.29) is 12.1 Å². The standard InChI is InChI=1S/C22H23N3O2.C2HF3O2/c1-24-15-21(26)25(14-12-16-7-9-17(27-2)10-8-16)22(24)19-11-13-23-20-6-4-3-5-18(19)20;3-2(4,5)1(6)7/h3-11,13,22H,12,14-15H2,1-2H3;(H,6,7). The maximum Gasteiger partial charge on any atom is 0.490 e. The summed E-state index contributed by atoms with van der Waals surface area (Å²) in [6.07, 6.45) is -2.51. The number of nitrogens with zero attached hydrogens (tertiary/aromatic N) is 3. The lowest BCUT2D eigenvalue weighted by Gasteiger charge is -2.29. The van der Waals surface area contributed by atoms with Gasteiger partial charge in [-0.15, -0.1) is 0 Å². The largest absolute Gasteiger partial charge is 0.497 e. The summed E-state index contributed by atoms with van der Waals surface area (Å²) in [5.41, 5.74) is 3.28. The first-order valence-electron chi connectivity index (χ1n) is 10.4. The smallest absolute Gasteiger partial charge is 0.490 e. The van der Waals surface area contributed by atoms with E-state index < -0.39 is 12.1 Å². The summed E-state index contributed by atoms with van der Waals surface area (Å²) >= 11 is 0. The fourth-order valence-corrected chi connectivity index (χ4v) is 3.80. The van der Waals surface area contributed by atoms with Gasteiger partial charge >= 0.3 is 12.1 Å². The van der Waals surface area contributed by atoms with Crippen molar-refractivity contribution in [3.05, 3.63) is 71.9 Å². The molecule has 1 amide bonds. The first kappa shape index (κ1) is 25.0. The van der Waals surface area contributed by atoms with E-state index >= 15 is 0 Å².